The van der Waals surface area contributed by atoms with Crippen LogP contribution < -0.4 is 0 Å². The summed E-state index contributed by atoms with van der Waals surface area (Å²) in [5.74, 6) is -1.10. The molecule has 2 heterocycles. The second-order valence-corrected chi connectivity index (χ2v) is 7.18. The van der Waals surface area contributed by atoms with Crippen molar-refractivity contribution >= 4 is 5.57 Å². The molecule has 0 radical (unpaired) electrons. The molecule has 2 aliphatic rings. The van der Waals surface area contributed by atoms with Gasteiger partial charge in [0.05, 0.1) is 13.2 Å². The van der Waals surface area contributed by atoms with E-state index in [9.17, 15) is 0 Å². The van der Waals surface area contributed by atoms with Crippen molar-refractivity contribution in [1.29, 1.82) is 0 Å². The third-order valence-electron chi connectivity index (χ3n) is 4.41. The van der Waals surface area contributed by atoms with Crippen molar-refractivity contribution in [2.75, 3.05) is 13.2 Å². The maximum atomic E-state index is 6.26. The molecule has 3 rings (SSSR count). The molecule has 1 aromatic carbocycles. The van der Waals surface area contributed by atoms with Crippen LogP contribution in [0, 0.1) is 5.41 Å². The molecule has 3 heteroatoms. The van der Waals surface area contributed by atoms with Gasteiger partial charge in [-0.3, -0.25) is 0 Å². The molecule has 0 saturated carbocycles. The molecule has 118 valence electrons. The molecule has 0 amide bonds. The van der Waals surface area contributed by atoms with Gasteiger partial charge in [0.15, 0.2) is 0 Å². The Morgan fingerprint density at radius 3 is 2.18 bits per heavy atom. The van der Waals surface area contributed by atoms with Crippen LogP contribution in [0.25, 0.3) is 5.57 Å². The van der Waals surface area contributed by atoms with Crippen LogP contribution in [0.1, 0.15) is 33.3 Å². The summed E-state index contributed by atoms with van der Waals surface area (Å²) in [6.45, 7) is 13.5. The summed E-state index contributed by atoms with van der Waals surface area (Å²) >= 11 is 0. The Morgan fingerprint density at radius 1 is 1.05 bits per heavy atom. The van der Waals surface area contributed by atoms with Crippen molar-refractivity contribution < 1.29 is 14.2 Å². The maximum Gasteiger partial charge on any atom is 0.306 e. The molecule has 0 aliphatic carbocycles. The van der Waals surface area contributed by atoms with Gasteiger partial charge in [-0.25, -0.2) is 0 Å². The zero-order chi connectivity index (χ0) is 16.0. The van der Waals surface area contributed by atoms with Crippen LogP contribution >= 0.6 is 0 Å². The summed E-state index contributed by atoms with van der Waals surface area (Å²) in [6, 6.07) is 10.2. The van der Waals surface area contributed by atoms with E-state index in [-0.39, 0.29) is 5.41 Å². The second-order valence-electron chi connectivity index (χ2n) is 7.18. The van der Waals surface area contributed by atoms with E-state index in [4.69, 9.17) is 14.2 Å². The molecular formula is C19H24O3. The van der Waals surface area contributed by atoms with E-state index in [2.05, 4.69) is 32.6 Å². The fourth-order valence-electron chi connectivity index (χ4n) is 2.79. The van der Waals surface area contributed by atoms with Crippen LogP contribution in [-0.4, -0.2) is 24.8 Å². The predicted octanol–water partition coefficient (Wildman–Crippen LogP) is 4.16. The van der Waals surface area contributed by atoms with Crippen LogP contribution in [-0.2, 0) is 14.2 Å². The Balaban J connectivity index is 2.00. The molecule has 0 bridgehead atoms. The summed E-state index contributed by atoms with van der Waals surface area (Å²) in [5, 5.41) is 0. The predicted molar refractivity (Wildman–Crippen MR) is 87.1 cm³/mol. The van der Waals surface area contributed by atoms with E-state index >= 15 is 0 Å². The van der Waals surface area contributed by atoms with E-state index in [1.165, 1.54) is 0 Å². The molecule has 3 nitrogen and oxygen atoms in total. The zero-order valence-corrected chi connectivity index (χ0v) is 13.8. The lowest BCUT2D eigenvalue weighted by atomic mass is 9.86. The standard InChI is InChI=1S/C19H24O3/c1-14(2)18(5)16(15-9-7-6-8-10-15)11-19(22-18)20-12-17(3,4)13-21-19/h6-11H,1,12-13H2,2-5H3. The first-order valence-corrected chi connectivity index (χ1v) is 7.69. The molecule has 1 fully saturated rings. The highest BCUT2D eigenvalue weighted by molar-refractivity contribution is 5.77. The van der Waals surface area contributed by atoms with Gasteiger partial charge >= 0.3 is 5.97 Å². The van der Waals surface area contributed by atoms with Crippen molar-refractivity contribution in [2.45, 2.75) is 39.3 Å². The lowest BCUT2D eigenvalue weighted by Gasteiger charge is -2.41. The van der Waals surface area contributed by atoms with E-state index < -0.39 is 11.6 Å². The van der Waals surface area contributed by atoms with Crippen LogP contribution in [0.3, 0.4) is 0 Å². The van der Waals surface area contributed by atoms with Gasteiger partial charge in [0.1, 0.15) is 5.60 Å². The van der Waals surface area contributed by atoms with Crippen molar-refractivity contribution in [3.05, 3.63) is 54.1 Å². The molecule has 1 aromatic rings. The molecular weight excluding hydrogens is 276 g/mol. The van der Waals surface area contributed by atoms with E-state index in [1.54, 1.807) is 0 Å². The van der Waals surface area contributed by atoms with Gasteiger partial charge in [-0.15, -0.1) is 0 Å². The summed E-state index contributed by atoms with van der Waals surface area (Å²) in [4.78, 5) is 0. The summed E-state index contributed by atoms with van der Waals surface area (Å²) < 4.78 is 18.2. The third kappa shape index (κ3) is 2.54. The van der Waals surface area contributed by atoms with Crippen LogP contribution in [0.15, 0.2) is 48.6 Å². The molecule has 1 atom stereocenters. The van der Waals surface area contributed by atoms with Crippen LogP contribution in [0.2, 0.25) is 0 Å². The second kappa shape index (κ2) is 5.05. The van der Waals surface area contributed by atoms with Gasteiger partial charge in [-0.05, 0) is 30.6 Å². The Labute approximate surface area is 132 Å². The first-order valence-electron chi connectivity index (χ1n) is 7.69. The van der Waals surface area contributed by atoms with Gasteiger partial charge in [0, 0.05) is 11.5 Å². The molecule has 0 N–H and O–H groups in total. The highest BCUT2D eigenvalue weighted by Gasteiger charge is 2.53. The number of hydrogen-bond donors (Lipinski definition) is 0. The quantitative estimate of drug-likeness (QED) is 0.768. The molecule has 2 aliphatic heterocycles. The Bertz CT molecular complexity index is 605. The first kappa shape index (κ1) is 15.5. The summed E-state index contributed by atoms with van der Waals surface area (Å²) in [6.07, 6.45) is 1.96. The fraction of sp³-hybridized carbons (Fsp3) is 0.474. The van der Waals surface area contributed by atoms with Crippen molar-refractivity contribution in [3.8, 4) is 0 Å². The minimum absolute atomic E-state index is 0.00241. The van der Waals surface area contributed by atoms with Crippen LogP contribution in [0.4, 0.5) is 0 Å². The molecule has 1 saturated heterocycles. The Kier molecular flexibility index (Phi) is 3.55. The Morgan fingerprint density at radius 2 is 1.64 bits per heavy atom. The van der Waals surface area contributed by atoms with E-state index in [1.807, 2.05) is 38.1 Å². The average molecular weight is 300 g/mol. The lowest BCUT2D eigenvalue weighted by Crippen LogP contribution is -2.49. The minimum Gasteiger partial charge on any atom is -0.323 e. The third-order valence-corrected chi connectivity index (χ3v) is 4.41. The van der Waals surface area contributed by atoms with Gasteiger partial charge in [0.2, 0.25) is 0 Å². The fourth-order valence-corrected chi connectivity index (χ4v) is 2.79. The minimum atomic E-state index is -1.10. The van der Waals surface area contributed by atoms with Crippen molar-refractivity contribution in [3.63, 3.8) is 0 Å². The topological polar surface area (TPSA) is 27.7 Å². The largest absolute Gasteiger partial charge is 0.323 e. The normalized spacial score (nSPS) is 29.4. The number of ether oxygens (including phenoxy) is 3. The van der Waals surface area contributed by atoms with Crippen LogP contribution in [0.5, 0.6) is 0 Å². The molecule has 1 spiro atoms. The number of hydrogen-bond acceptors (Lipinski definition) is 3. The smallest absolute Gasteiger partial charge is 0.306 e. The van der Waals surface area contributed by atoms with E-state index in [0.29, 0.717) is 13.2 Å². The number of benzene rings is 1. The lowest BCUT2D eigenvalue weighted by molar-refractivity contribution is -0.396. The van der Waals surface area contributed by atoms with Gasteiger partial charge in [0.25, 0.3) is 0 Å². The maximum absolute atomic E-state index is 6.26. The highest BCUT2D eigenvalue weighted by atomic mass is 16.9. The van der Waals surface area contributed by atoms with E-state index in [0.717, 1.165) is 16.7 Å². The first-order chi connectivity index (χ1) is 10.3. The highest BCUT2D eigenvalue weighted by Crippen LogP contribution is 2.49. The monoisotopic (exact) mass is 300 g/mol. The number of rotatable bonds is 2. The van der Waals surface area contributed by atoms with Gasteiger partial charge in [-0.1, -0.05) is 50.8 Å². The molecule has 1 unspecified atom stereocenters. The summed E-state index contributed by atoms with van der Waals surface area (Å²) in [5.41, 5.74) is 2.44. The SMILES string of the molecule is C=C(C)C1(C)OC2(C=C1c1ccccc1)OCC(C)(C)CO2. The Hall–Kier alpha value is -1.42. The zero-order valence-electron chi connectivity index (χ0n) is 13.8. The van der Waals surface area contributed by atoms with Gasteiger partial charge < -0.3 is 14.2 Å². The van der Waals surface area contributed by atoms with Crippen molar-refractivity contribution in [2.24, 2.45) is 5.41 Å². The molecule has 22 heavy (non-hydrogen) atoms. The molecule has 0 aromatic heterocycles. The average Bonchev–Trinajstić information content (AvgIpc) is 2.79. The van der Waals surface area contributed by atoms with Gasteiger partial charge in [-0.2, -0.15) is 0 Å². The summed E-state index contributed by atoms with van der Waals surface area (Å²) in [7, 11) is 0. The van der Waals surface area contributed by atoms with Crippen molar-refractivity contribution in [1.82, 2.24) is 0 Å².